The van der Waals surface area contributed by atoms with Crippen LogP contribution < -0.4 is 16.0 Å². The summed E-state index contributed by atoms with van der Waals surface area (Å²) in [5, 5.41) is 15.9. The molecule has 1 saturated carbocycles. The van der Waals surface area contributed by atoms with Crippen LogP contribution in [-0.2, 0) is 16.1 Å². The normalized spacial score (nSPS) is 16.7. The van der Waals surface area contributed by atoms with E-state index < -0.39 is 0 Å². The summed E-state index contributed by atoms with van der Waals surface area (Å²) in [7, 11) is 5.72. The van der Waals surface area contributed by atoms with Gasteiger partial charge in [0.05, 0.1) is 29.2 Å². The molecule has 0 bridgehead atoms. The quantitative estimate of drug-likeness (QED) is 0.124. The van der Waals surface area contributed by atoms with Crippen molar-refractivity contribution in [2.45, 2.75) is 71.1 Å². The number of hydrogen-bond donors (Lipinski definition) is 3. The number of fused-ring (bicyclic) bond motifs is 2. The molecular formula is C38H47N9O2. The zero-order valence-corrected chi connectivity index (χ0v) is 29.3. The SMILES string of the molecule is COC1CCC(Nc2nc(NCc3c(C)cccc3-c3ccc4cccc(NC(=O)/C=C/CN(C)C)c4n3)n3ncc(C(C)C)c3n2)CC1. The van der Waals surface area contributed by atoms with Crippen LogP contribution in [0.1, 0.15) is 62.1 Å². The van der Waals surface area contributed by atoms with Gasteiger partial charge in [-0.2, -0.15) is 19.6 Å². The highest BCUT2D eigenvalue weighted by atomic mass is 16.5. The molecule has 1 fully saturated rings. The highest BCUT2D eigenvalue weighted by Gasteiger charge is 2.23. The molecule has 256 valence electrons. The number of likely N-dealkylation sites (N-methyl/N-ethyl adjacent to an activating group) is 1. The van der Waals surface area contributed by atoms with Gasteiger partial charge in [-0.3, -0.25) is 4.79 Å². The number of amides is 1. The molecule has 49 heavy (non-hydrogen) atoms. The lowest BCUT2D eigenvalue weighted by Gasteiger charge is -2.28. The van der Waals surface area contributed by atoms with Gasteiger partial charge in [-0.1, -0.05) is 56.3 Å². The van der Waals surface area contributed by atoms with Gasteiger partial charge < -0.3 is 25.6 Å². The summed E-state index contributed by atoms with van der Waals surface area (Å²) < 4.78 is 7.38. The Labute approximate surface area is 288 Å². The van der Waals surface area contributed by atoms with Crippen molar-refractivity contribution < 1.29 is 9.53 Å². The van der Waals surface area contributed by atoms with Gasteiger partial charge in [0, 0.05) is 48.8 Å². The Morgan fingerprint density at radius 1 is 1.04 bits per heavy atom. The maximum Gasteiger partial charge on any atom is 0.248 e. The van der Waals surface area contributed by atoms with E-state index >= 15 is 0 Å². The maximum atomic E-state index is 12.7. The molecule has 3 N–H and O–H groups in total. The molecule has 0 radical (unpaired) electrons. The molecule has 1 amide bonds. The molecule has 1 aliphatic rings. The van der Waals surface area contributed by atoms with Crippen molar-refractivity contribution in [3.8, 4) is 11.3 Å². The number of aromatic nitrogens is 5. The van der Waals surface area contributed by atoms with Gasteiger partial charge in [0.1, 0.15) is 0 Å². The van der Waals surface area contributed by atoms with Crippen LogP contribution in [0, 0.1) is 6.92 Å². The Bertz CT molecular complexity index is 1960. The second kappa shape index (κ2) is 15.1. The van der Waals surface area contributed by atoms with Crippen molar-refractivity contribution in [3.63, 3.8) is 0 Å². The number of para-hydroxylation sites is 1. The first-order chi connectivity index (χ1) is 23.7. The average molecular weight is 662 g/mol. The smallest absolute Gasteiger partial charge is 0.248 e. The molecule has 0 atom stereocenters. The van der Waals surface area contributed by atoms with Crippen LogP contribution in [0.25, 0.3) is 27.8 Å². The number of aryl methyl sites for hydroxylation is 1. The van der Waals surface area contributed by atoms with Gasteiger partial charge in [-0.05, 0) is 75.9 Å². The first-order valence-electron chi connectivity index (χ1n) is 17.1. The number of hydrogen-bond acceptors (Lipinski definition) is 9. The standard InChI is InChI=1S/C38H47N9O2/c1-24(2)30-23-40-47-36(30)44-37(41-27-16-18-28(49-6)19-17-27)45-38(47)39-22-31-25(3)10-7-12-29(31)32-20-15-26-11-8-13-33(35(26)43-32)42-34(48)14-9-21-46(4)5/h7-15,20,23-24,27-28H,16-19,21-22H2,1-6H3,(H,42,48)(H2,39,41,44,45)/b14-9+. The molecule has 3 aromatic heterocycles. The maximum absolute atomic E-state index is 12.7. The third-order valence-corrected chi connectivity index (χ3v) is 9.19. The van der Waals surface area contributed by atoms with Gasteiger partial charge in [0.2, 0.25) is 17.8 Å². The third kappa shape index (κ3) is 7.90. The molecule has 1 aliphatic carbocycles. The number of rotatable bonds is 12. The van der Waals surface area contributed by atoms with E-state index in [0.29, 0.717) is 36.8 Å². The van der Waals surface area contributed by atoms with E-state index in [-0.39, 0.29) is 17.9 Å². The Balaban J connectivity index is 1.29. The van der Waals surface area contributed by atoms with Gasteiger partial charge in [-0.25, -0.2) is 4.98 Å². The van der Waals surface area contributed by atoms with Crippen LogP contribution >= 0.6 is 0 Å². The number of nitrogens with one attached hydrogen (secondary N) is 3. The Kier molecular flexibility index (Phi) is 10.5. The summed E-state index contributed by atoms with van der Waals surface area (Å²) in [6.45, 7) is 7.60. The number of benzene rings is 2. The minimum atomic E-state index is -0.186. The lowest BCUT2D eigenvalue weighted by molar-refractivity contribution is -0.111. The summed E-state index contributed by atoms with van der Waals surface area (Å²) in [5.74, 6) is 1.30. The summed E-state index contributed by atoms with van der Waals surface area (Å²) in [4.78, 5) is 29.7. The Morgan fingerprint density at radius 3 is 2.59 bits per heavy atom. The first kappa shape index (κ1) is 34.0. The van der Waals surface area contributed by atoms with Crippen molar-refractivity contribution >= 4 is 40.0 Å². The van der Waals surface area contributed by atoms with Crippen LogP contribution in [0.4, 0.5) is 17.6 Å². The molecule has 6 rings (SSSR count). The van der Waals surface area contributed by atoms with Gasteiger partial charge in [-0.15, -0.1) is 0 Å². The molecular weight excluding hydrogens is 614 g/mol. The number of anilines is 3. The summed E-state index contributed by atoms with van der Waals surface area (Å²) in [6.07, 6.45) is 9.68. The van der Waals surface area contributed by atoms with Crippen molar-refractivity contribution in [3.05, 3.63) is 83.6 Å². The van der Waals surface area contributed by atoms with E-state index in [1.165, 1.54) is 0 Å². The fourth-order valence-electron chi connectivity index (χ4n) is 6.39. The molecule has 2 aromatic carbocycles. The number of pyridine rings is 1. The lowest BCUT2D eigenvalue weighted by atomic mass is 9.93. The van der Waals surface area contributed by atoms with Crippen LogP contribution in [-0.4, -0.2) is 75.3 Å². The largest absolute Gasteiger partial charge is 0.381 e. The van der Waals surface area contributed by atoms with Gasteiger partial charge in [0.15, 0.2) is 5.65 Å². The van der Waals surface area contributed by atoms with E-state index in [4.69, 9.17) is 19.7 Å². The molecule has 0 aliphatic heterocycles. The first-order valence-corrected chi connectivity index (χ1v) is 17.1. The zero-order chi connectivity index (χ0) is 34.5. The molecule has 11 heteroatoms. The van der Waals surface area contributed by atoms with Crippen LogP contribution in [0.3, 0.4) is 0 Å². The average Bonchev–Trinajstić information content (AvgIpc) is 3.52. The predicted octanol–water partition coefficient (Wildman–Crippen LogP) is 6.81. The molecule has 3 heterocycles. The van der Waals surface area contributed by atoms with Crippen molar-refractivity contribution in [1.82, 2.24) is 29.5 Å². The van der Waals surface area contributed by atoms with Crippen molar-refractivity contribution in [2.75, 3.05) is 43.7 Å². The molecule has 0 saturated heterocycles. The fourth-order valence-corrected chi connectivity index (χ4v) is 6.39. The Morgan fingerprint density at radius 2 is 1.84 bits per heavy atom. The summed E-state index contributed by atoms with van der Waals surface area (Å²) in [5.41, 5.74) is 7.33. The monoisotopic (exact) mass is 661 g/mol. The lowest BCUT2D eigenvalue weighted by Crippen LogP contribution is -2.30. The highest BCUT2D eigenvalue weighted by molar-refractivity contribution is 6.05. The summed E-state index contributed by atoms with van der Waals surface area (Å²) >= 11 is 0. The second-order valence-corrected chi connectivity index (χ2v) is 13.4. The highest BCUT2D eigenvalue weighted by Crippen LogP contribution is 2.31. The summed E-state index contributed by atoms with van der Waals surface area (Å²) in [6, 6.07) is 16.5. The topological polar surface area (TPSA) is 122 Å². The zero-order valence-electron chi connectivity index (χ0n) is 29.3. The van der Waals surface area contributed by atoms with E-state index in [9.17, 15) is 4.79 Å². The van der Waals surface area contributed by atoms with Crippen LogP contribution in [0.15, 0.2) is 66.9 Å². The number of carbonyl (C=O) groups is 1. The minimum Gasteiger partial charge on any atom is -0.381 e. The Hall–Kier alpha value is -4.87. The molecule has 0 unspecified atom stereocenters. The molecule has 0 spiro atoms. The molecule has 11 nitrogen and oxygen atoms in total. The van der Waals surface area contributed by atoms with E-state index in [2.05, 4.69) is 66.1 Å². The van der Waals surface area contributed by atoms with Crippen LogP contribution in [0.5, 0.6) is 0 Å². The minimum absolute atomic E-state index is 0.186. The number of carbonyl (C=O) groups excluding carboxylic acids is 1. The van der Waals surface area contributed by atoms with E-state index in [1.807, 2.05) is 55.5 Å². The number of methoxy groups -OCH3 is 1. The number of nitrogens with zero attached hydrogens (tertiary/aromatic N) is 6. The van der Waals surface area contributed by atoms with Crippen molar-refractivity contribution in [1.29, 1.82) is 0 Å². The third-order valence-electron chi connectivity index (χ3n) is 9.19. The van der Waals surface area contributed by atoms with E-state index in [1.54, 1.807) is 17.7 Å². The predicted molar refractivity (Wildman–Crippen MR) is 197 cm³/mol. The van der Waals surface area contributed by atoms with Gasteiger partial charge >= 0.3 is 0 Å². The van der Waals surface area contributed by atoms with E-state index in [0.717, 1.165) is 70.2 Å². The van der Waals surface area contributed by atoms with Gasteiger partial charge in [0.25, 0.3) is 0 Å². The number of ether oxygens (including phenoxy) is 1. The second-order valence-electron chi connectivity index (χ2n) is 13.4. The van der Waals surface area contributed by atoms with Crippen molar-refractivity contribution in [2.24, 2.45) is 0 Å². The molecule has 5 aromatic rings. The fraction of sp³-hybridized carbons (Fsp3) is 0.395. The van der Waals surface area contributed by atoms with Crippen LogP contribution in [0.2, 0.25) is 0 Å².